The molecule has 0 amide bonds. The van der Waals surface area contributed by atoms with Crippen LogP contribution < -0.4 is 5.32 Å². The first kappa shape index (κ1) is 13.0. The third kappa shape index (κ3) is 2.79. The van der Waals surface area contributed by atoms with Gasteiger partial charge in [0.05, 0.1) is 12.8 Å². The van der Waals surface area contributed by atoms with Gasteiger partial charge in [-0.2, -0.15) is 10.2 Å². The minimum Gasteiger partial charge on any atom is -0.467 e. The van der Waals surface area contributed by atoms with Crippen LogP contribution in [0.15, 0.2) is 51.5 Å². The van der Waals surface area contributed by atoms with Crippen LogP contribution in [0, 0.1) is 18.3 Å². The topological polar surface area (TPSA) is 75.0 Å². The predicted octanol–water partition coefficient (Wildman–Crippen LogP) is 3.73. The van der Waals surface area contributed by atoms with Gasteiger partial charge in [-0.05, 0) is 31.2 Å². The van der Waals surface area contributed by atoms with Crippen molar-refractivity contribution in [2.45, 2.75) is 13.5 Å². The first-order chi connectivity index (χ1) is 10.3. The first-order valence-corrected chi connectivity index (χ1v) is 6.50. The molecule has 0 aliphatic heterocycles. The Morgan fingerprint density at radius 3 is 2.90 bits per heavy atom. The van der Waals surface area contributed by atoms with Gasteiger partial charge in [0.2, 0.25) is 17.5 Å². The Morgan fingerprint density at radius 1 is 1.29 bits per heavy atom. The van der Waals surface area contributed by atoms with Crippen LogP contribution in [0.25, 0.3) is 11.5 Å². The van der Waals surface area contributed by atoms with E-state index in [1.165, 1.54) is 0 Å². The van der Waals surface area contributed by atoms with Crippen molar-refractivity contribution in [1.82, 2.24) is 4.98 Å². The molecule has 0 saturated carbocycles. The van der Waals surface area contributed by atoms with Gasteiger partial charge >= 0.3 is 0 Å². The van der Waals surface area contributed by atoms with Crippen molar-refractivity contribution >= 4 is 5.88 Å². The molecule has 0 bridgehead atoms. The SMILES string of the molecule is Cc1cccc(-c2nc(C#N)c(NCc3ccco3)o2)c1. The Balaban J connectivity index is 1.86. The zero-order valence-electron chi connectivity index (χ0n) is 11.5. The molecule has 1 N–H and O–H groups in total. The molecule has 104 valence electrons. The van der Waals surface area contributed by atoms with Crippen molar-refractivity contribution in [3.05, 3.63) is 59.7 Å². The molecule has 21 heavy (non-hydrogen) atoms. The average Bonchev–Trinajstić information content (AvgIpc) is 3.14. The molecule has 1 aromatic carbocycles. The number of anilines is 1. The fourth-order valence-corrected chi connectivity index (χ4v) is 2.00. The number of rotatable bonds is 4. The van der Waals surface area contributed by atoms with E-state index in [9.17, 15) is 0 Å². The second-order valence-electron chi connectivity index (χ2n) is 4.61. The molecule has 0 aliphatic rings. The molecule has 3 aromatic rings. The number of nitrogens with one attached hydrogen (secondary N) is 1. The molecule has 0 radical (unpaired) electrons. The van der Waals surface area contributed by atoms with Gasteiger partial charge in [-0.15, -0.1) is 0 Å². The minimum absolute atomic E-state index is 0.234. The van der Waals surface area contributed by atoms with Crippen molar-refractivity contribution in [2.75, 3.05) is 5.32 Å². The summed E-state index contributed by atoms with van der Waals surface area (Å²) in [5.41, 5.74) is 2.19. The van der Waals surface area contributed by atoms with Crippen molar-refractivity contribution < 1.29 is 8.83 Å². The lowest BCUT2D eigenvalue weighted by atomic mass is 10.1. The number of aryl methyl sites for hydroxylation is 1. The standard InChI is InChI=1S/C16H13N3O2/c1-11-4-2-5-12(8-11)15-19-14(9-17)16(21-15)18-10-13-6-3-7-20-13/h2-8,18H,10H2,1H3. The van der Waals surface area contributed by atoms with E-state index in [-0.39, 0.29) is 5.69 Å². The van der Waals surface area contributed by atoms with E-state index in [1.54, 1.807) is 12.3 Å². The molecule has 0 fully saturated rings. The molecular formula is C16H13N3O2. The third-order valence-electron chi connectivity index (χ3n) is 3.00. The number of hydrogen-bond donors (Lipinski definition) is 1. The van der Waals surface area contributed by atoms with Crippen LogP contribution in [0.4, 0.5) is 5.88 Å². The second-order valence-corrected chi connectivity index (χ2v) is 4.61. The van der Waals surface area contributed by atoms with Crippen LogP contribution in [0.1, 0.15) is 17.0 Å². The molecular weight excluding hydrogens is 266 g/mol. The minimum atomic E-state index is 0.234. The molecule has 0 aliphatic carbocycles. The zero-order valence-corrected chi connectivity index (χ0v) is 11.5. The average molecular weight is 279 g/mol. The Hall–Kier alpha value is -3.00. The van der Waals surface area contributed by atoms with Crippen LogP contribution >= 0.6 is 0 Å². The molecule has 2 heterocycles. The number of aromatic nitrogens is 1. The van der Waals surface area contributed by atoms with Gasteiger partial charge < -0.3 is 14.2 Å². The van der Waals surface area contributed by atoms with Gasteiger partial charge in [0.1, 0.15) is 11.8 Å². The van der Waals surface area contributed by atoms with Gasteiger partial charge in [0.15, 0.2) is 0 Å². The van der Waals surface area contributed by atoms with E-state index in [1.807, 2.05) is 43.3 Å². The van der Waals surface area contributed by atoms with E-state index in [2.05, 4.69) is 10.3 Å². The van der Waals surface area contributed by atoms with Gasteiger partial charge in [0, 0.05) is 5.56 Å². The maximum absolute atomic E-state index is 9.15. The van der Waals surface area contributed by atoms with E-state index in [0.717, 1.165) is 16.9 Å². The van der Waals surface area contributed by atoms with E-state index < -0.39 is 0 Å². The van der Waals surface area contributed by atoms with Crippen molar-refractivity contribution in [1.29, 1.82) is 5.26 Å². The number of benzene rings is 1. The summed E-state index contributed by atoms with van der Waals surface area (Å²) < 4.78 is 10.9. The Bertz CT molecular complexity index is 782. The summed E-state index contributed by atoms with van der Waals surface area (Å²) in [7, 11) is 0. The fraction of sp³-hybridized carbons (Fsp3) is 0.125. The van der Waals surface area contributed by atoms with E-state index in [0.29, 0.717) is 18.3 Å². The highest BCUT2D eigenvalue weighted by molar-refractivity contribution is 5.59. The largest absolute Gasteiger partial charge is 0.467 e. The van der Waals surface area contributed by atoms with E-state index >= 15 is 0 Å². The van der Waals surface area contributed by atoms with Crippen molar-refractivity contribution in [3.63, 3.8) is 0 Å². The lowest BCUT2D eigenvalue weighted by Crippen LogP contribution is -1.98. The lowest BCUT2D eigenvalue weighted by Gasteiger charge is -2.00. The van der Waals surface area contributed by atoms with Crippen LogP contribution in [0.2, 0.25) is 0 Å². The normalized spacial score (nSPS) is 10.3. The van der Waals surface area contributed by atoms with Crippen LogP contribution in [0.5, 0.6) is 0 Å². The lowest BCUT2D eigenvalue weighted by molar-refractivity contribution is 0.512. The summed E-state index contributed by atoms with van der Waals surface area (Å²) in [5.74, 6) is 1.54. The first-order valence-electron chi connectivity index (χ1n) is 6.50. The summed E-state index contributed by atoms with van der Waals surface area (Å²) in [4.78, 5) is 4.22. The maximum atomic E-state index is 9.15. The Kier molecular flexibility index (Phi) is 3.44. The van der Waals surface area contributed by atoms with Crippen molar-refractivity contribution in [3.8, 4) is 17.5 Å². The third-order valence-corrected chi connectivity index (χ3v) is 3.00. The molecule has 5 heteroatoms. The fourth-order valence-electron chi connectivity index (χ4n) is 2.00. The maximum Gasteiger partial charge on any atom is 0.232 e. The highest BCUT2D eigenvalue weighted by Crippen LogP contribution is 2.26. The van der Waals surface area contributed by atoms with Crippen LogP contribution in [-0.2, 0) is 6.54 Å². The Labute approximate surface area is 121 Å². The smallest absolute Gasteiger partial charge is 0.232 e. The van der Waals surface area contributed by atoms with Gasteiger partial charge in [-0.3, -0.25) is 0 Å². The Morgan fingerprint density at radius 2 is 2.19 bits per heavy atom. The monoisotopic (exact) mass is 279 g/mol. The van der Waals surface area contributed by atoms with Gasteiger partial charge in [-0.1, -0.05) is 17.7 Å². The summed E-state index contributed by atoms with van der Waals surface area (Å²) >= 11 is 0. The summed E-state index contributed by atoms with van der Waals surface area (Å²) in [6, 6.07) is 13.5. The van der Waals surface area contributed by atoms with Crippen LogP contribution in [0.3, 0.4) is 0 Å². The summed E-state index contributed by atoms with van der Waals surface area (Å²) in [5, 5.41) is 12.2. The molecule has 3 rings (SSSR count). The molecule has 0 spiro atoms. The second kappa shape index (κ2) is 5.55. The number of hydrogen-bond acceptors (Lipinski definition) is 5. The molecule has 2 aromatic heterocycles. The molecule has 0 saturated heterocycles. The highest BCUT2D eigenvalue weighted by Gasteiger charge is 2.14. The number of nitrogens with zero attached hydrogens (tertiary/aromatic N) is 2. The predicted molar refractivity (Wildman–Crippen MR) is 77.4 cm³/mol. The molecule has 5 nitrogen and oxygen atoms in total. The number of oxazole rings is 1. The summed E-state index contributed by atoms with van der Waals surface area (Å²) in [6.45, 7) is 2.43. The van der Waals surface area contributed by atoms with Gasteiger partial charge in [0.25, 0.3) is 0 Å². The van der Waals surface area contributed by atoms with Gasteiger partial charge in [-0.25, -0.2) is 0 Å². The molecule has 0 atom stereocenters. The number of furan rings is 1. The zero-order chi connectivity index (χ0) is 14.7. The quantitative estimate of drug-likeness (QED) is 0.787. The molecule has 0 unspecified atom stereocenters. The number of nitriles is 1. The van der Waals surface area contributed by atoms with Crippen molar-refractivity contribution in [2.24, 2.45) is 0 Å². The van der Waals surface area contributed by atoms with Crippen LogP contribution in [-0.4, -0.2) is 4.98 Å². The summed E-state index contributed by atoms with van der Waals surface area (Å²) in [6.07, 6.45) is 1.60. The highest BCUT2D eigenvalue weighted by atomic mass is 16.4. The van der Waals surface area contributed by atoms with E-state index in [4.69, 9.17) is 14.1 Å².